The van der Waals surface area contributed by atoms with Gasteiger partial charge in [0.2, 0.25) is 0 Å². The fourth-order valence-corrected chi connectivity index (χ4v) is 2.69. The molecule has 1 fully saturated rings. The third-order valence-electron chi connectivity index (χ3n) is 3.84. The van der Waals surface area contributed by atoms with Gasteiger partial charge in [0.1, 0.15) is 12.4 Å². The van der Waals surface area contributed by atoms with E-state index in [4.69, 9.17) is 4.74 Å². The highest BCUT2D eigenvalue weighted by atomic mass is 16.5. The van der Waals surface area contributed by atoms with E-state index in [-0.39, 0.29) is 0 Å². The largest absolute Gasteiger partial charge is 0.490 e. The number of aromatic nitrogens is 2. The summed E-state index contributed by atoms with van der Waals surface area (Å²) in [5.74, 6) is 0.821. The molecule has 0 spiro atoms. The summed E-state index contributed by atoms with van der Waals surface area (Å²) in [6, 6.07) is 8.74. The van der Waals surface area contributed by atoms with Crippen LogP contribution in [-0.2, 0) is 6.42 Å². The molecule has 3 heterocycles. The Morgan fingerprint density at radius 3 is 2.64 bits per heavy atom. The normalized spacial score (nSPS) is 21.5. The molecule has 1 saturated heterocycles. The maximum absolute atomic E-state index is 5.78. The van der Waals surface area contributed by atoms with Crippen molar-refractivity contribution in [2.24, 2.45) is 0 Å². The fourth-order valence-electron chi connectivity index (χ4n) is 2.69. The van der Waals surface area contributed by atoms with E-state index in [2.05, 4.69) is 26.7 Å². The van der Waals surface area contributed by atoms with Gasteiger partial charge in [-0.15, -0.1) is 0 Å². The molecule has 5 heteroatoms. The molecule has 0 aliphatic carbocycles. The molecule has 0 aromatic carbocycles. The average Bonchev–Trinajstić information content (AvgIpc) is 2.60. The predicted molar refractivity (Wildman–Crippen MR) is 85.9 cm³/mol. The van der Waals surface area contributed by atoms with Crippen LogP contribution < -0.4 is 15.4 Å². The van der Waals surface area contributed by atoms with Gasteiger partial charge in [-0.1, -0.05) is 6.07 Å². The van der Waals surface area contributed by atoms with Gasteiger partial charge in [-0.25, -0.2) is 0 Å². The Morgan fingerprint density at radius 2 is 1.86 bits per heavy atom. The molecule has 0 saturated carbocycles. The molecule has 0 unspecified atom stereocenters. The third-order valence-corrected chi connectivity index (χ3v) is 3.84. The Morgan fingerprint density at radius 1 is 1.05 bits per heavy atom. The average molecular weight is 298 g/mol. The summed E-state index contributed by atoms with van der Waals surface area (Å²) in [5.41, 5.74) is 1.29. The van der Waals surface area contributed by atoms with Gasteiger partial charge in [-0.3, -0.25) is 9.97 Å². The van der Waals surface area contributed by atoms with Crippen molar-refractivity contribution in [2.75, 3.05) is 19.7 Å². The van der Waals surface area contributed by atoms with Crippen LogP contribution in [0.1, 0.15) is 12.0 Å². The molecular weight excluding hydrogens is 276 g/mol. The highest BCUT2D eigenvalue weighted by molar-refractivity contribution is 5.15. The van der Waals surface area contributed by atoms with Crippen molar-refractivity contribution in [1.29, 1.82) is 0 Å². The standard InChI is InChI=1S/C17H22N4O/c1-3-14(9-18-7-1)5-6-15-10-20-11-16(21-15)13-22-17-4-2-8-19-12-17/h1-4,7-9,12,15-16,20-21H,5-6,10-11,13H2/t15-,16-/m0/s1. The number of aryl methyl sites for hydroxylation is 1. The number of hydrogen-bond acceptors (Lipinski definition) is 5. The second kappa shape index (κ2) is 7.87. The van der Waals surface area contributed by atoms with E-state index in [9.17, 15) is 0 Å². The molecule has 0 radical (unpaired) electrons. The Kier molecular flexibility index (Phi) is 5.34. The van der Waals surface area contributed by atoms with Crippen molar-refractivity contribution in [1.82, 2.24) is 20.6 Å². The zero-order valence-electron chi connectivity index (χ0n) is 12.6. The summed E-state index contributed by atoms with van der Waals surface area (Å²) >= 11 is 0. The van der Waals surface area contributed by atoms with Crippen LogP contribution in [0.3, 0.4) is 0 Å². The van der Waals surface area contributed by atoms with Crippen LogP contribution in [0.15, 0.2) is 49.1 Å². The van der Waals surface area contributed by atoms with Gasteiger partial charge < -0.3 is 15.4 Å². The summed E-state index contributed by atoms with van der Waals surface area (Å²) in [7, 11) is 0. The van der Waals surface area contributed by atoms with Crippen LogP contribution in [0.2, 0.25) is 0 Å². The van der Waals surface area contributed by atoms with E-state index in [0.29, 0.717) is 18.7 Å². The molecule has 2 aromatic rings. The minimum absolute atomic E-state index is 0.327. The monoisotopic (exact) mass is 298 g/mol. The zero-order valence-corrected chi connectivity index (χ0v) is 12.6. The molecule has 0 bridgehead atoms. The lowest BCUT2D eigenvalue weighted by atomic mass is 10.0. The first-order valence-electron chi connectivity index (χ1n) is 7.78. The predicted octanol–water partition coefficient (Wildman–Crippen LogP) is 1.42. The first-order valence-corrected chi connectivity index (χ1v) is 7.78. The number of hydrogen-bond donors (Lipinski definition) is 2. The van der Waals surface area contributed by atoms with Crippen molar-refractivity contribution >= 4 is 0 Å². The SMILES string of the molecule is c1cncc(CC[C@H]2CNC[C@@H](COc3cccnc3)N2)c1. The van der Waals surface area contributed by atoms with Gasteiger partial charge in [0.05, 0.1) is 12.2 Å². The lowest BCUT2D eigenvalue weighted by molar-refractivity contribution is 0.220. The van der Waals surface area contributed by atoms with Crippen LogP contribution in [0.25, 0.3) is 0 Å². The number of ether oxygens (including phenoxy) is 1. The Balaban J connectivity index is 1.43. The second-order valence-electron chi connectivity index (χ2n) is 5.62. The Bertz CT molecular complexity index is 500. The van der Waals surface area contributed by atoms with E-state index >= 15 is 0 Å². The molecule has 1 aliphatic heterocycles. The first kappa shape index (κ1) is 14.9. The second-order valence-corrected chi connectivity index (χ2v) is 5.62. The number of rotatable bonds is 6. The smallest absolute Gasteiger partial charge is 0.137 e. The van der Waals surface area contributed by atoms with Gasteiger partial charge in [-0.2, -0.15) is 0 Å². The number of nitrogens with one attached hydrogen (secondary N) is 2. The first-order chi connectivity index (χ1) is 10.9. The summed E-state index contributed by atoms with van der Waals surface area (Å²) in [6.45, 7) is 2.59. The van der Waals surface area contributed by atoms with Crippen LogP contribution in [0.5, 0.6) is 5.75 Å². The molecule has 0 amide bonds. The Labute approximate surface area is 131 Å². The number of pyridine rings is 2. The van der Waals surface area contributed by atoms with Crippen molar-refractivity contribution in [2.45, 2.75) is 24.9 Å². The molecule has 116 valence electrons. The summed E-state index contributed by atoms with van der Waals surface area (Å²) in [5, 5.41) is 7.15. The van der Waals surface area contributed by atoms with Crippen LogP contribution >= 0.6 is 0 Å². The summed E-state index contributed by atoms with van der Waals surface area (Å²) in [4.78, 5) is 8.22. The van der Waals surface area contributed by atoms with Gasteiger partial charge in [0, 0.05) is 37.7 Å². The molecule has 22 heavy (non-hydrogen) atoms. The lowest BCUT2D eigenvalue weighted by Crippen LogP contribution is -2.56. The van der Waals surface area contributed by atoms with E-state index in [1.54, 1.807) is 12.4 Å². The van der Waals surface area contributed by atoms with E-state index in [1.807, 2.05) is 30.6 Å². The molecule has 1 aliphatic rings. The number of piperazine rings is 1. The fraction of sp³-hybridized carbons (Fsp3) is 0.412. The Hall–Kier alpha value is -1.98. The van der Waals surface area contributed by atoms with Crippen molar-refractivity contribution in [3.8, 4) is 5.75 Å². The molecular formula is C17H22N4O. The van der Waals surface area contributed by atoms with Gasteiger partial charge in [0.15, 0.2) is 0 Å². The minimum Gasteiger partial charge on any atom is -0.490 e. The highest BCUT2D eigenvalue weighted by Crippen LogP contribution is 2.09. The van der Waals surface area contributed by atoms with Gasteiger partial charge in [-0.05, 0) is 36.6 Å². The minimum atomic E-state index is 0.327. The van der Waals surface area contributed by atoms with E-state index < -0.39 is 0 Å². The maximum atomic E-state index is 5.78. The van der Waals surface area contributed by atoms with Crippen LogP contribution in [0.4, 0.5) is 0 Å². The quantitative estimate of drug-likeness (QED) is 0.844. The van der Waals surface area contributed by atoms with Crippen molar-refractivity contribution in [3.63, 3.8) is 0 Å². The zero-order chi connectivity index (χ0) is 15.0. The highest BCUT2D eigenvalue weighted by Gasteiger charge is 2.20. The number of nitrogens with zero attached hydrogens (tertiary/aromatic N) is 2. The molecule has 5 nitrogen and oxygen atoms in total. The third kappa shape index (κ3) is 4.51. The molecule has 2 aromatic heterocycles. The topological polar surface area (TPSA) is 59.1 Å². The van der Waals surface area contributed by atoms with Gasteiger partial charge in [0.25, 0.3) is 0 Å². The van der Waals surface area contributed by atoms with Crippen molar-refractivity contribution < 1.29 is 4.74 Å². The summed E-state index contributed by atoms with van der Waals surface area (Å²) < 4.78 is 5.78. The lowest BCUT2D eigenvalue weighted by Gasteiger charge is -2.31. The summed E-state index contributed by atoms with van der Waals surface area (Å²) in [6.07, 6.45) is 9.40. The molecule has 3 rings (SSSR count). The van der Waals surface area contributed by atoms with E-state index in [0.717, 1.165) is 31.7 Å². The van der Waals surface area contributed by atoms with E-state index in [1.165, 1.54) is 5.56 Å². The maximum Gasteiger partial charge on any atom is 0.137 e. The van der Waals surface area contributed by atoms with Crippen LogP contribution in [0, 0.1) is 0 Å². The molecule has 2 N–H and O–H groups in total. The molecule has 2 atom stereocenters. The van der Waals surface area contributed by atoms with Gasteiger partial charge >= 0.3 is 0 Å². The van der Waals surface area contributed by atoms with Crippen LogP contribution in [-0.4, -0.2) is 41.7 Å². The van der Waals surface area contributed by atoms with Crippen molar-refractivity contribution in [3.05, 3.63) is 54.6 Å².